The second-order valence-electron chi connectivity index (χ2n) is 5.23. The molecule has 1 aromatic carbocycles. The summed E-state index contributed by atoms with van der Waals surface area (Å²) >= 11 is 0. The highest BCUT2D eigenvalue weighted by Crippen LogP contribution is 2.22. The van der Waals surface area contributed by atoms with Crippen LogP contribution in [0.15, 0.2) is 24.3 Å². The standard InChI is InChI=1S/C15H20N4/c1-11-15(19(2)12-6-5-9-16-10-12)18-14-8-4-3-7-13(14)17-11/h3-4,7-8,12,16H,5-6,9-10H2,1-2H3. The average molecular weight is 256 g/mol. The summed E-state index contributed by atoms with van der Waals surface area (Å²) in [5.74, 6) is 1.01. The number of aromatic nitrogens is 2. The molecule has 1 aliphatic heterocycles. The highest BCUT2D eigenvalue weighted by molar-refractivity contribution is 5.76. The van der Waals surface area contributed by atoms with E-state index in [0.29, 0.717) is 6.04 Å². The number of fused-ring (bicyclic) bond motifs is 1. The third-order valence-corrected chi connectivity index (χ3v) is 3.87. The maximum atomic E-state index is 4.79. The number of para-hydroxylation sites is 2. The maximum absolute atomic E-state index is 4.79. The predicted octanol–water partition coefficient (Wildman–Crippen LogP) is 2.13. The van der Waals surface area contributed by atoms with Gasteiger partial charge in [-0.15, -0.1) is 0 Å². The fourth-order valence-corrected chi connectivity index (χ4v) is 2.75. The van der Waals surface area contributed by atoms with Crippen molar-refractivity contribution in [3.8, 4) is 0 Å². The van der Waals surface area contributed by atoms with Gasteiger partial charge in [0.2, 0.25) is 0 Å². The lowest BCUT2D eigenvalue weighted by Gasteiger charge is -2.33. The van der Waals surface area contributed by atoms with Crippen LogP contribution in [0.2, 0.25) is 0 Å². The van der Waals surface area contributed by atoms with Crippen LogP contribution in [-0.4, -0.2) is 36.1 Å². The van der Waals surface area contributed by atoms with Gasteiger partial charge in [0.05, 0.1) is 16.7 Å². The molecule has 1 saturated heterocycles. The molecule has 1 aliphatic rings. The van der Waals surface area contributed by atoms with Gasteiger partial charge < -0.3 is 10.2 Å². The van der Waals surface area contributed by atoms with Crippen LogP contribution in [-0.2, 0) is 0 Å². The predicted molar refractivity (Wildman–Crippen MR) is 78.6 cm³/mol. The van der Waals surface area contributed by atoms with E-state index in [0.717, 1.165) is 35.6 Å². The number of hydrogen-bond acceptors (Lipinski definition) is 4. The van der Waals surface area contributed by atoms with Crippen LogP contribution in [0.3, 0.4) is 0 Å². The zero-order chi connectivity index (χ0) is 13.2. The fraction of sp³-hybridized carbons (Fsp3) is 0.467. The van der Waals surface area contributed by atoms with Crippen LogP contribution in [0.5, 0.6) is 0 Å². The van der Waals surface area contributed by atoms with E-state index in [9.17, 15) is 0 Å². The monoisotopic (exact) mass is 256 g/mol. The molecular weight excluding hydrogens is 236 g/mol. The Balaban J connectivity index is 1.96. The molecule has 2 heterocycles. The number of likely N-dealkylation sites (N-methyl/N-ethyl adjacent to an activating group) is 1. The molecule has 0 radical (unpaired) electrons. The third-order valence-electron chi connectivity index (χ3n) is 3.87. The zero-order valence-corrected chi connectivity index (χ0v) is 11.6. The third kappa shape index (κ3) is 2.40. The van der Waals surface area contributed by atoms with Gasteiger partial charge in [0, 0.05) is 19.6 Å². The first-order valence-electron chi connectivity index (χ1n) is 6.92. The Kier molecular flexibility index (Phi) is 3.34. The van der Waals surface area contributed by atoms with Crippen LogP contribution in [0.4, 0.5) is 5.82 Å². The molecule has 3 rings (SSSR count). The largest absolute Gasteiger partial charge is 0.354 e. The van der Waals surface area contributed by atoms with Gasteiger partial charge >= 0.3 is 0 Å². The van der Waals surface area contributed by atoms with Crippen molar-refractivity contribution in [2.75, 3.05) is 25.0 Å². The number of nitrogens with one attached hydrogen (secondary N) is 1. The molecule has 4 nitrogen and oxygen atoms in total. The van der Waals surface area contributed by atoms with Gasteiger partial charge in [-0.2, -0.15) is 0 Å². The highest BCUT2D eigenvalue weighted by Gasteiger charge is 2.20. The molecule has 1 unspecified atom stereocenters. The smallest absolute Gasteiger partial charge is 0.150 e. The molecule has 1 aromatic heterocycles. The summed E-state index contributed by atoms with van der Waals surface area (Å²) in [5.41, 5.74) is 2.95. The van der Waals surface area contributed by atoms with E-state index < -0.39 is 0 Å². The molecule has 0 saturated carbocycles. The minimum Gasteiger partial charge on any atom is -0.354 e. The lowest BCUT2D eigenvalue weighted by Crippen LogP contribution is -2.44. The van der Waals surface area contributed by atoms with Crippen molar-refractivity contribution in [1.29, 1.82) is 0 Å². The Bertz CT molecular complexity index is 575. The summed E-state index contributed by atoms with van der Waals surface area (Å²) in [4.78, 5) is 11.7. The zero-order valence-electron chi connectivity index (χ0n) is 11.6. The lowest BCUT2D eigenvalue weighted by molar-refractivity contribution is 0.443. The Morgan fingerprint density at radius 3 is 2.63 bits per heavy atom. The number of piperidine rings is 1. The average Bonchev–Trinajstić information content (AvgIpc) is 2.47. The van der Waals surface area contributed by atoms with E-state index in [4.69, 9.17) is 4.98 Å². The number of anilines is 1. The normalized spacial score (nSPS) is 19.6. The summed E-state index contributed by atoms with van der Waals surface area (Å²) < 4.78 is 0. The molecule has 0 spiro atoms. The minimum absolute atomic E-state index is 0.517. The van der Waals surface area contributed by atoms with Crippen molar-refractivity contribution in [2.45, 2.75) is 25.8 Å². The second-order valence-corrected chi connectivity index (χ2v) is 5.23. The lowest BCUT2D eigenvalue weighted by atomic mass is 10.1. The topological polar surface area (TPSA) is 41.1 Å². The number of rotatable bonds is 2. The summed E-state index contributed by atoms with van der Waals surface area (Å²) in [6, 6.07) is 8.57. The van der Waals surface area contributed by atoms with Crippen LogP contribution in [0.1, 0.15) is 18.5 Å². The van der Waals surface area contributed by atoms with Crippen LogP contribution in [0.25, 0.3) is 11.0 Å². The van der Waals surface area contributed by atoms with E-state index in [1.54, 1.807) is 0 Å². The minimum atomic E-state index is 0.517. The summed E-state index contributed by atoms with van der Waals surface area (Å²) in [7, 11) is 2.13. The molecule has 2 aromatic rings. The van der Waals surface area contributed by atoms with Gasteiger partial charge in [0.1, 0.15) is 0 Å². The van der Waals surface area contributed by atoms with Crippen molar-refractivity contribution in [3.63, 3.8) is 0 Å². The van der Waals surface area contributed by atoms with Gasteiger partial charge in [-0.25, -0.2) is 9.97 Å². The molecule has 1 N–H and O–H groups in total. The first-order valence-corrected chi connectivity index (χ1v) is 6.92. The molecular formula is C15H20N4. The van der Waals surface area contributed by atoms with Gasteiger partial charge in [-0.05, 0) is 38.4 Å². The Morgan fingerprint density at radius 2 is 1.95 bits per heavy atom. The van der Waals surface area contributed by atoms with Gasteiger partial charge in [0.15, 0.2) is 5.82 Å². The van der Waals surface area contributed by atoms with E-state index in [1.165, 1.54) is 12.8 Å². The Labute approximate surface area is 113 Å². The molecule has 0 aliphatic carbocycles. The van der Waals surface area contributed by atoms with E-state index in [-0.39, 0.29) is 0 Å². The number of benzene rings is 1. The second kappa shape index (κ2) is 5.13. The van der Waals surface area contributed by atoms with Gasteiger partial charge in [0.25, 0.3) is 0 Å². The SMILES string of the molecule is Cc1nc2ccccc2nc1N(C)C1CCCNC1. The maximum Gasteiger partial charge on any atom is 0.150 e. The van der Waals surface area contributed by atoms with Crippen molar-refractivity contribution in [2.24, 2.45) is 0 Å². The van der Waals surface area contributed by atoms with Crippen LogP contribution < -0.4 is 10.2 Å². The van der Waals surface area contributed by atoms with Crippen LogP contribution >= 0.6 is 0 Å². The molecule has 19 heavy (non-hydrogen) atoms. The van der Waals surface area contributed by atoms with E-state index >= 15 is 0 Å². The number of nitrogens with zero attached hydrogens (tertiary/aromatic N) is 3. The van der Waals surface area contributed by atoms with Crippen molar-refractivity contribution in [1.82, 2.24) is 15.3 Å². The van der Waals surface area contributed by atoms with Crippen molar-refractivity contribution >= 4 is 16.9 Å². The molecule has 0 bridgehead atoms. The Hall–Kier alpha value is -1.68. The number of hydrogen-bond donors (Lipinski definition) is 1. The number of aryl methyl sites for hydroxylation is 1. The van der Waals surface area contributed by atoms with Crippen molar-refractivity contribution < 1.29 is 0 Å². The quantitative estimate of drug-likeness (QED) is 0.893. The molecule has 4 heteroatoms. The molecule has 100 valence electrons. The van der Waals surface area contributed by atoms with E-state index in [1.807, 2.05) is 31.2 Å². The molecule has 1 atom stereocenters. The van der Waals surface area contributed by atoms with E-state index in [2.05, 4.69) is 22.2 Å². The summed E-state index contributed by atoms with van der Waals surface area (Å²) in [6.07, 6.45) is 2.45. The summed E-state index contributed by atoms with van der Waals surface area (Å²) in [6.45, 7) is 4.21. The first-order chi connectivity index (χ1) is 9.25. The van der Waals surface area contributed by atoms with Crippen molar-refractivity contribution in [3.05, 3.63) is 30.0 Å². The first kappa shape index (κ1) is 12.4. The Morgan fingerprint density at radius 1 is 1.21 bits per heavy atom. The molecule has 1 fully saturated rings. The van der Waals surface area contributed by atoms with Crippen LogP contribution in [0, 0.1) is 6.92 Å². The molecule has 0 amide bonds. The highest BCUT2D eigenvalue weighted by atomic mass is 15.2. The summed E-state index contributed by atoms with van der Waals surface area (Å²) in [5, 5.41) is 3.45. The van der Waals surface area contributed by atoms with Gasteiger partial charge in [-0.3, -0.25) is 0 Å². The van der Waals surface area contributed by atoms with Gasteiger partial charge in [-0.1, -0.05) is 12.1 Å². The fourth-order valence-electron chi connectivity index (χ4n) is 2.75.